The fourth-order valence-corrected chi connectivity index (χ4v) is 4.96. The Kier molecular flexibility index (Phi) is 11.6. The van der Waals surface area contributed by atoms with Gasteiger partial charge in [-0.1, -0.05) is 72.8 Å². The molecule has 3 rings (SSSR count). The van der Waals surface area contributed by atoms with E-state index < -0.39 is 36.0 Å². The molecule has 218 valence electrons. The second-order valence-electron chi connectivity index (χ2n) is 10.7. The highest BCUT2D eigenvalue weighted by Crippen LogP contribution is 2.22. The number of primary amides is 1. The van der Waals surface area contributed by atoms with Crippen molar-refractivity contribution in [2.75, 3.05) is 0 Å². The molecule has 0 radical (unpaired) electrons. The Hall–Kier alpha value is -3.98. The molecule has 0 aliphatic carbocycles. The molecular weight excluding hydrogens is 518 g/mol. The first-order valence-electron chi connectivity index (χ1n) is 13.9. The SMILES string of the molecule is Cc1cc(O)cc(C)c1C[C@H]([NH3+])[C@H](O)C/C=C/[C@H](O)[C@@H](Cc1ccccc1)C(=O)N[C@@H](Cc1ccccc1)C(N)=O. The van der Waals surface area contributed by atoms with Crippen molar-refractivity contribution in [3.05, 3.63) is 113 Å². The molecule has 8 nitrogen and oxygen atoms in total. The smallest absolute Gasteiger partial charge is 0.240 e. The number of hydrogen-bond acceptors (Lipinski definition) is 5. The van der Waals surface area contributed by atoms with Gasteiger partial charge in [-0.05, 0) is 66.6 Å². The molecule has 0 aromatic heterocycles. The van der Waals surface area contributed by atoms with Crippen LogP contribution in [-0.2, 0) is 28.9 Å². The van der Waals surface area contributed by atoms with E-state index in [1.165, 1.54) is 6.08 Å². The first kappa shape index (κ1) is 31.5. The van der Waals surface area contributed by atoms with Crippen molar-refractivity contribution in [2.24, 2.45) is 11.7 Å². The lowest BCUT2D eigenvalue weighted by atomic mass is 9.91. The van der Waals surface area contributed by atoms with Crippen molar-refractivity contribution in [2.45, 2.75) is 63.8 Å². The lowest BCUT2D eigenvalue weighted by Crippen LogP contribution is -2.67. The number of phenolic OH excluding ortho intramolecular Hbond substituents is 1. The molecule has 41 heavy (non-hydrogen) atoms. The van der Waals surface area contributed by atoms with Crippen LogP contribution in [0.25, 0.3) is 0 Å². The molecule has 0 unspecified atom stereocenters. The zero-order chi connectivity index (χ0) is 29.9. The van der Waals surface area contributed by atoms with Gasteiger partial charge in [-0.2, -0.15) is 0 Å². The minimum Gasteiger partial charge on any atom is -0.508 e. The van der Waals surface area contributed by atoms with E-state index in [2.05, 4.69) is 11.1 Å². The Morgan fingerprint density at radius 1 is 0.902 bits per heavy atom. The Bertz CT molecular complexity index is 1290. The number of benzene rings is 3. The van der Waals surface area contributed by atoms with E-state index in [-0.39, 0.29) is 31.1 Å². The van der Waals surface area contributed by atoms with E-state index in [0.717, 1.165) is 27.8 Å². The van der Waals surface area contributed by atoms with Gasteiger partial charge in [-0.15, -0.1) is 0 Å². The van der Waals surface area contributed by atoms with Crippen molar-refractivity contribution in [1.29, 1.82) is 0 Å². The van der Waals surface area contributed by atoms with Crippen molar-refractivity contribution < 1.29 is 30.6 Å². The minimum atomic E-state index is -1.17. The number of quaternary nitrogens is 1. The molecule has 3 aromatic carbocycles. The van der Waals surface area contributed by atoms with Crippen molar-refractivity contribution in [3.63, 3.8) is 0 Å². The highest BCUT2D eigenvalue weighted by atomic mass is 16.3. The van der Waals surface area contributed by atoms with E-state index in [1.54, 1.807) is 18.2 Å². The van der Waals surface area contributed by atoms with Gasteiger partial charge in [-0.25, -0.2) is 0 Å². The number of aryl methyl sites for hydroxylation is 2. The third-order valence-corrected chi connectivity index (χ3v) is 7.39. The maximum Gasteiger partial charge on any atom is 0.240 e. The molecule has 3 aromatic rings. The number of nitrogens with one attached hydrogen (secondary N) is 1. The molecule has 0 saturated carbocycles. The predicted octanol–water partition coefficient (Wildman–Crippen LogP) is 1.90. The fraction of sp³-hybridized carbons (Fsp3) is 0.333. The Balaban J connectivity index is 1.69. The summed E-state index contributed by atoms with van der Waals surface area (Å²) in [6.45, 7) is 3.83. The lowest BCUT2D eigenvalue weighted by Gasteiger charge is -2.24. The van der Waals surface area contributed by atoms with E-state index in [4.69, 9.17) is 5.73 Å². The number of carbonyl (C=O) groups is 2. The summed E-state index contributed by atoms with van der Waals surface area (Å²) < 4.78 is 0. The number of aliphatic hydroxyl groups is 2. The van der Waals surface area contributed by atoms with Gasteiger partial charge in [0.05, 0.1) is 12.0 Å². The molecule has 5 atom stereocenters. The van der Waals surface area contributed by atoms with Crippen LogP contribution < -0.4 is 16.8 Å². The molecule has 8 heteroatoms. The predicted molar refractivity (Wildman–Crippen MR) is 159 cm³/mol. The van der Waals surface area contributed by atoms with E-state index in [9.17, 15) is 24.9 Å². The van der Waals surface area contributed by atoms with E-state index >= 15 is 0 Å². The number of nitrogens with two attached hydrogens (primary N) is 1. The summed E-state index contributed by atoms with van der Waals surface area (Å²) in [6, 6.07) is 20.7. The normalized spacial score (nSPS) is 15.1. The monoisotopic (exact) mass is 560 g/mol. The number of rotatable bonds is 14. The summed E-state index contributed by atoms with van der Waals surface area (Å²) in [7, 11) is 0. The zero-order valence-electron chi connectivity index (χ0n) is 23.7. The van der Waals surface area contributed by atoms with Crippen LogP contribution in [0.5, 0.6) is 5.75 Å². The summed E-state index contributed by atoms with van der Waals surface area (Å²) >= 11 is 0. The number of aromatic hydroxyl groups is 1. The van der Waals surface area contributed by atoms with Crippen LogP contribution >= 0.6 is 0 Å². The number of hydrogen-bond donors (Lipinski definition) is 6. The van der Waals surface area contributed by atoms with E-state index in [1.807, 2.05) is 74.5 Å². The number of phenols is 1. The summed E-state index contributed by atoms with van der Waals surface area (Å²) in [4.78, 5) is 25.6. The Labute approximate surface area is 241 Å². The van der Waals surface area contributed by atoms with Crippen LogP contribution in [-0.4, -0.2) is 51.4 Å². The maximum absolute atomic E-state index is 13.4. The van der Waals surface area contributed by atoms with Crippen molar-refractivity contribution in [3.8, 4) is 5.75 Å². The minimum absolute atomic E-state index is 0.207. The van der Waals surface area contributed by atoms with Gasteiger partial charge in [0, 0.05) is 12.8 Å². The van der Waals surface area contributed by atoms with Gasteiger partial charge in [-0.3, -0.25) is 9.59 Å². The average Bonchev–Trinajstić information content (AvgIpc) is 2.94. The van der Waals surface area contributed by atoms with Crippen molar-refractivity contribution >= 4 is 11.8 Å². The average molecular weight is 561 g/mol. The first-order valence-corrected chi connectivity index (χ1v) is 13.9. The largest absolute Gasteiger partial charge is 0.508 e. The molecular formula is C33H42N3O5+. The molecule has 9 N–H and O–H groups in total. The first-order chi connectivity index (χ1) is 19.5. The van der Waals surface area contributed by atoms with Crippen LogP contribution in [0.3, 0.4) is 0 Å². The fourth-order valence-electron chi connectivity index (χ4n) is 4.96. The Morgan fingerprint density at radius 3 is 1.98 bits per heavy atom. The summed E-state index contributed by atoms with van der Waals surface area (Å²) in [5, 5.41) is 34.4. The molecule has 0 aliphatic heterocycles. The number of aliphatic hydroxyl groups excluding tert-OH is 2. The zero-order valence-corrected chi connectivity index (χ0v) is 23.7. The van der Waals surface area contributed by atoms with Gasteiger partial charge < -0.3 is 32.1 Å². The third kappa shape index (κ3) is 9.56. The van der Waals surface area contributed by atoms with Gasteiger partial charge >= 0.3 is 0 Å². The van der Waals surface area contributed by atoms with Crippen LogP contribution in [0.4, 0.5) is 0 Å². The molecule has 0 spiro atoms. The van der Waals surface area contributed by atoms with Gasteiger partial charge in [0.15, 0.2) is 0 Å². The third-order valence-electron chi connectivity index (χ3n) is 7.39. The van der Waals surface area contributed by atoms with Crippen LogP contribution in [0.1, 0.15) is 34.2 Å². The molecule has 0 bridgehead atoms. The van der Waals surface area contributed by atoms with E-state index in [0.29, 0.717) is 6.42 Å². The highest BCUT2D eigenvalue weighted by molar-refractivity contribution is 5.88. The van der Waals surface area contributed by atoms with Gasteiger partial charge in [0.25, 0.3) is 0 Å². The summed E-state index contributed by atoms with van der Waals surface area (Å²) in [5.41, 5.74) is 14.3. The van der Waals surface area contributed by atoms with Crippen LogP contribution in [0.2, 0.25) is 0 Å². The van der Waals surface area contributed by atoms with Gasteiger partial charge in [0.2, 0.25) is 11.8 Å². The van der Waals surface area contributed by atoms with Crippen LogP contribution in [0, 0.1) is 19.8 Å². The summed E-state index contributed by atoms with van der Waals surface area (Å²) in [5.74, 6) is -1.83. The standard InChI is InChI=1S/C33H41N3O5/c1-21-16-25(37)17-22(2)26(21)20-28(34)31(39)15-9-14-30(38)27(18-23-10-5-3-6-11-23)33(41)36-29(32(35)40)19-24-12-7-4-8-13-24/h3-14,16-17,27-31,37-39H,15,18-20,34H2,1-2H3,(H2,35,40)(H,36,41)/p+1/b14-9+/t27-,28+,29+,30+,31-/m1/s1. The lowest BCUT2D eigenvalue weighted by molar-refractivity contribution is -0.436. The second-order valence-corrected chi connectivity index (χ2v) is 10.7. The highest BCUT2D eigenvalue weighted by Gasteiger charge is 2.29. The van der Waals surface area contributed by atoms with Gasteiger partial charge in [0.1, 0.15) is 23.9 Å². The molecule has 0 fully saturated rings. The number of amides is 2. The maximum atomic E-state index is 13.4. The van der Waals surface area contributed by atoms with Crippen LogP contribution in [0.15, 0.2) is 84.9 Å². The topological polar surface area (TPSA) is 161 Å². The van der Waals surface area contributed by atoms with Crippen molar-refractivity contribution in [1.82, 2.24) is 5.32 Å². The number of carbonyl (C=O) groups excluding carboxylic acids is 2. The Morgan fingerprint density at radius 2 is 1.44 bits per heavy atom. The molecule has 0 saturated heterocycles. The molecule has 0 aliphatic rings. The molecule has 0 heterocycles. The quantitative estimate of drug-likeness (QED) is 0.166. The second kappa shape index (κ2) is 15.1. The molecule has 2 amide bonds. The summed E-state index contributed by atoms with van der Waals surface area (Å²) in [6.07, 6.45) is 2.47.